The van der Waals surface area contributed by atoms with Crippen LogP contribution < -0.4 is 5.32 Å². The number of aromatic amines is 1. The van der Waals surface area contributed by atoms with Gasteiger partial charge >= 0.3 is 5.97 Å². The molecule has 1 saturated carbocycles. The lowest BCUT2D eigenvalue weighted by Gasteiger charge is -2.26. The Bertz CT molecular complexity index is 672. The van der Waals surface area contributed by atoms with Crippen LogP contribution in [0.1, 0.15) is 36.0 Å². The first-order valence-electron chi connectivity index (χ1n) is 7.11. The first-order valence-corrected chi connectivity index (χ1v) is 7.11. The number of pyridine rings is 1. The van der Waals surface area contributed by atoms with Crippen molar-refractivity contribution in [2.24, 2.45) is 5.92 Å². The van der Waals surface area contributed by atoms with Crippen LogP contribution in [0, 0.1) is 5.92 Å². The predicted octanol–water partition coefficient (Wildman–Crippen LogP) is 1.94. The van der Waals surface area contributed by atoms with Gasteiger partial charge in [0.2, 0.25) is 0 Å². The molecular weight excluding hydrogens is 270 g/mol. The highest BCUT2D eigenvalue weighted by atomic mass is 16.4. The fraction of sp³-hybridized carbons (Fsp3) is 0.400. The molecule has 1 aliphatic rings. The van der Waals surface area contributed by atoms with Crippen LogP contribution in [-0.4, -0.2) is 33.0 Å². The van der Waals surface area contributed by atoms with Crippen LogP contribution in [0.15, 0.2) is 24.5 Å². The smallest absolute Gasteiger partial charge is 0.306 e. The number of hydrogen-bond donors (Lipinski definition) is 3. The minimum atomic E-state index is -0.734. The summed E-state index contributed by atoms with van der Waals surface area (Å²) in [6.45, 7) is 0. The van der Waals surface area contributed by atoms with Crippen molar-refractivity contribution in [1.82, 2.24) is 15.3 Å². The quantitative estimate of drug-likeness (QED) is 0.804. The Kier molecular flexibility index (Phi) is 3.60. The number of nitrogens with zero attached hydrogens (tertiary/aromatic N) is 1. The summed E-state index contributed by atoms with van der Waals surface area (Å²) in [6.07, 6.45) is 6.00. The van der Waals surface area contributed by atoms with Gasteiger partial charge < -0.3 is 15.4 Å². The fourth-order valence-electron chi connectivity index (χ4n) is 2.89. The lowest BCUT2D eigenvalue weighted by atomic mass is 9.86. The summed E-state index contributed by atoms with van der Waals surface area (Å²) in [5.41, 5.74) is 1.27. The highest BCUT2D eigenvalue weighted by Crippen LogP contribution is 2.25. The van der Waals surface area contributed by atoms with Crippen molar-refractivity contribution < 1.29 is 14.7 Å². The molecule has 2 aromatic rings. The minimum Gasteiger partial charge on any atom is -0.481 e. The number of hydrogen-bond acceptors (Lipinski definition) is 3. The lowest BCUT2D eigenvalue weighted by molar-refractivity contribution is -0.142. The van der Waals surface area contributed by atoms with Gasteiger partial charge in [0.05, 0.1) is 11.5 Å². The second kappa shape index (κ2) is 5.55. The van der Waals surface area contributed by atoms with Crippen molar-refractivity contribution in [2.75, 3.05) is 0 Å². The molecule has 0 aliphatic heterocycles. The number of aliphatic carboxylic acids is 1. The number of nitrogens with one attached hydrogen (secondary N) is 2. The number of carboxylic acids is 1. The topological polar surface area (TPSA) is 95.1 Å². The van der Waals surface area contributed by atoms with E-state index in [-0.39, 0.29) is 17.9 Å². The summed E-state index contributed by atoms with van der Waals surface area (Å²) in [6, 6.07) is 3.70. The molecule has 110 valence electrons. The summed E-state index contributed by atoms with van der Waals surface area (Å²) >= 11 is 0. The average molecular weight is 287 g/mol. The third kappa shape index (κ3) is 2.74. The number of amides is 1. The largest absolute Gasteiger partial charge is 0.481 e. The summed E-state index contributed by atoms with van der Waals surface area (Å²) < 4.78 is 0. The molecule has 6 heteroatoms. The molecule has 1 aliphatic carbocycles. The SMILES string of the molecule is O=C(NC1CCC(C(=O)O)CC1)c1c[nH]c2ncccc12. The number of fused-ring (bicyclic) bond motifs is 1. The highest BCUT2D eigenvalue weighted by Gasteiger charge is 2.27. The number of H-pyrrole nitrogens is 1. The van der Waals surface area contributed by atoms with Gasteiger partial charge in [-0.1, -0.05) is 0 Å². The Morgan fingerprint density at radius 3 is 2.76 bits per heavy atom. The normalized spacial score (nSPS) is 22.1. The third-order valence-electron chi connectivity index (χ3n) is 4.11. The summed E-state index contributed by atoms with van der Waals surface area (Å²) in [5, 5.41) is 12.8. The minimum absolute atomic E-state index is 0.0507. The van der Waals surface area contributed by atoms with Crippen molar-refractivity contribution in [2.45, 2.75) is 31.7 Å². The maximum atomic E-state index is 12.3. The monoisotopic (exact) mass is 287 g/mol. The van der Waals surface area contributed by atoms with Gasteiger partial charge in [0.1, 0.15) is 5.65 Å². The number of rotatable bonds is 3. The van der Waals surface area contributed by atoms with Gasteiger partial charge in [-0.3, -0.25) is 9.59 Å². The number of aromatic nitrogens is 2. The van der Waals surface area contributed by atoms with Crippen molar-refractivity contribution in [3.05, 3.63) is 30.1 Å². The Morgan fingerprint density at radius 1 is 1.29 bits per heavy atom. The Hall–Kier alpha value is -2.37. The van der Waals surface area contributed by atoms with Crippen molar-refractivity contribution >= 4 is 22.9 Å². The third-order valence-corrected chi connectivity index (χ3v) is 4.11. The molecule has 3 rings (SSSR count). The van der Waals surface area contributed by atoms with E-state index >= 15 is 0 Å². The fourth-order valence-corrected chi connectivity index (χ4v) is 2.89. The Balaban J connectivity index is 1.66. The molecule has 0 saturated heterocycles. The van der Waals surface area contributed by atoms with E-state index in [0.717, 1.165) is 5.39 Å². The van der Waals surface area contributed by atoms with Gasteiger partial charge in [-0.25, -0.2) is 4.98 Å². The van der Waals surface area contributed by atoms with E-state index in [0.29, 0.717) is 36.9 Å². The molecule has 2 heterocycles. The lowest BCUT2D eigenvalue weighted by Crippen LogP contribution is -2.38. The zero-order valence-corrected chi connectivity index (χ0v) is 11.5. The van der Waals surface area contributed by atoms with Crippen LogP contribution in [0.25, 0.3) is 11.0 Å². The van der Waals surface area contributed by atoms with Crippen LogP contribution in [0.3, 0.4) is 0 Å². The molecule has 1 fully saturated rings. The van der Waals surface area contributed by atoms with Crippen molar-refractivity contribution in [3.8, 4) is 0 Å². The van der Waals surface area contributed by atoms with Crippen LogP contribution >= 0.6 is 0 Å². The summed E-state index contributed by atoms with van der Waals surface area (Å²) in [5.74, 6) is -1.13. The maximum Gasteiger partial charge on any atom is 0.306 e. The van der Waals surface area contributed by atoms with E-state index in [9.17, 15) is 9.59 Å². The second-order valence-corrected chi connectivity index (χ2v) is 5.46. The van der Waals surface area contributed by atoms with Crippen LogP contribution in [0.5, 0.6) is 0 Å². The first-order chi connectivity index (χ1) is 10.1. The van der Waals surface area contributed by atoms with Crippen molar-refractivity contribution in [3.63, 3.8) is 0 Å². The molecule has 21 heavy (non-hydrogen) atoms. The van der Waals surface area contributed by atoms with E-state index in [2.05, 4.69) is 15.3 Å². The van der Waals surface area contributed by atoms with Gasteiger partial charge in [0, 0.05) is 23.8 Å². The molecule has 0 bridgehead atoms. The van der Waals surface area contributed by atoms with Gasteiger partial charge in [0.15, 0.2) is 0 Å². The maximum absolute atomic E-state index is 12.3. The van der Waals surface area contributed by atoms with E-state index in [4.69, 9.17) is 5.11 Å². The average Bonchev–Trinajstić information content (AvgIpc) is 2.92. The Morgan fingerprint density at radius 2 is 2.05 bits per heavy atom. The number of carbonyl (C=O) groups excluding carboxylic acids is 1. The van der Waals surface area contributed by atoms with Gasteiger partial charge in [-0.05, 0) is 37.8 Å². The molecule has 0 unspecified atom stereocenters. The number of carbonyl (C=O) groups is 2. The molecule has 0 atom stereocenters. The first kappa shape index (κ1) is 13.6. The zero-order valence-electron chi connectivity index (χ0n) is 11.5. The molecule has 0 spiro atoms. The van der Waals surface area contributed by atoms with Gasteiger partial charge in [-0.2, -0.15) is 0 Å². The van der Waals surface area contributed by atoms with Crippen molar-refractivity contribution in [1.29, 1.82) is 0 Å². The molecule has 2 aromatic heterocycles. The summed E-state index contributed by atoms with van der Waals surface area (Å²) in [4.78, 5) is 30.4. The standard InChI is InChI=1S/C15H17N3O3/c19-14(12-8-17-13-11(12)2-1-7-16-13)18-10-5-3-9(4-6-10)15(20)21/h1-2,7-10H,3-6H2,(H,16,17)(H,18,19)(H,20,21). The number of carboxylic acid groups (broad SMARTS) is 1. The van der Waals surface area contributed by atoms with Crippen LogP contribution in [0.4, 0.5) is 0 Å². The predicted molar refractivity (Wildman–Crippen MR) is 76.9 cm³/mol. The van der Waals surface area contributed by atoms with E-state index < -0.39 is 5.97 Å². The van der Waals surface area contributed by atoms with E-state index in [1.165, 1.54) is 0 Å². The van der Waals surface area contributed by atoms with Crippen LogP contribution in [0.2, 0.25) is 0 Å². The molecule has 1 amide bonds. The molecule has 6 nitrogen and oxygen atoms in total. The van der Waals surface area contributed by atoms with Gasteiger partial charge in [0.25, 0.3) is 5.91 Å². The second-order valence-electron chi connectivity index (χ2n) is 5.46. The molecule has 0 radical (unpaired) electrons. The molecular formula is C15H17N3O3. The highest BCUT2D eigenvalue weighted by molar-refractivity contribution is 6.05. The van der Waals surface area contributed by atoms with E-state index in [1.54, 1.807) is 18.5 Å². The molecule has 3 N–H and O–H groups in total. The zero-order chi connectivity index (χ0) is 14.8. The summed E-state index contributed by atoms with van der Waals surface area (Å²) in [7, 11) is 0. The van der Waals surface area contributed by atoms with Gasteiger partial charge in [-0.15, -0.1) is 0 Å². The van der Waals surface area contributed by atoms with Crippen LogP contribution in [-0.2, 0) is 4.79 Å². The Labute approximate surface area is 121 Å². The van der Waals surface area contributed by atoms with E-state index in [1.807, 2.05) is 6.07 Å². The molecule has 0 aromatic carbocycles.